The van der Waals surface area contributed by atoms with E-state index in [4.69, 9.17) is 4.74 Å². The maximum atomic E-state index is 5.59. The Balaban J connectivity index is 1.89. The van der Waals surface area contributed by atoms with Crippen molar-refractivity contribution in [3.05, 3.63) is 45.9 Å². The highest BCUT2D eigenvalue weighted by Crippen LogP contribution is 2.18. The second-order valence-electron chi connectivity index (χ2n) is 4.01. The van der Waals surface area contributed by atoms with Crippen LogP contribution >= 0.6 is 11.3 Å². The minimum absolute atomic E-state index is 0.697. The number of nitrogens with zero attached hydrogens (tertiary/aromatic N) is 1. The summed E-state index contributed by atoms with van der Waals surface area (Å²) in [5.41, 5.74) is 1.19. The van der Waals surface area contributed by atoms with E-state index in [1.165, 1.54) is 10.4 Å². The second kappa shape index (κ2) is 6.52. The molecule has 2 rings (SSSR count). The van der Waals surface area contributed by atoms with Crippen LogP contribution in [0.4, 0.5) is 0 Å². The van der Waals surface area contributed by atoms with Crippen molar-refractivity contribution in [3.8, 4) is 5.75 Å². The number of rotatable bonds is 6. The number of hydrogen-bond acceptors (Lipinski definition) is 4. The van der Waals surface area contributed by atoms with Crippen LogP contribution in [-0.2, 0) is 13.1 Å². The SMILES string of the molecule is CCOc1ccccc1CNCc1ncc(C)s1. The van der Waals surface area contributed by atoms with Crippen molar-refractivity contribution in [2.75, 3.05) is 6.61 Å². The van der Waals surface area contributed by atoms with Gasteiger partial charge in [0.25, 0.3) is 0 Å². The Kier molecular flexibility index (Phi) is 4.73. The Bertz CT molecular complexity index is 496. The minimum Gasteiger partial charge on any atom is -0.494 e. The van der Waals surface area contributed by atoms with Crippen molar-refractivity contribution in [3.63, 3.8) is 0 Å². The van der Waals surface area contributed by atoms with Crippen LogP contribution in [0.5, 0.6) is 5.75 Å². The highest BCUT2D eigenvalue weighted by molar-refractivity contribution is 7.11. The van der Waals surface area contributed by atoms with Crippen molar-refractivity contribution in [2.24, 2.45) is 0 Å². The van der Waals surface area contributed by atoms with E-state index in [0.29, 0.717) is 6.61 Å². The summed E-state index contributed by atoms with van der Waals surface area (Å²) >= 11 is 1.73. The molecule has 0 saturated heterocycles. The minimum atomic E-state index is 0.697. The van der Waals surface area contributed by atoms with Crippen molar-refractivity contribution in [1.29, 1.82) is 0 Å². The molecule has 0 aliphatic heterocycles. The van der Waals surface area contributed by atoms with Crippen LogP contribution in [0.15, 0.2) is 30.5 Å². The van der Waals surface area contributed by atoms with E-state index in [-0.39, 0.29) is 0 Å². The molecule has 0 aliphatic carbocycles. The number of hydrogen-bond donors (Lipinski definition) is 1. The highest BCUT2D eigenvalue weighted by Gasteiger charge is 2.03. The quantitative estimate of drug-likeness (QED) is 0.868. The van der Waals surface area contributed by atoms with Crippen LogP contribution in [0.2, 0.25) is 0 Å². The van der Waals surface area contributed by atoms with E-state index < -0.39 is 0 Å². The van der Waals surface area contributed by atoms with Crippen LogP contribution in [0.3, 0.4) is 0 Å². The van der Waals surface area contributed by atoms with Crippen molar-refractivity contribution >= 4 is 11.3 Å². The van der Waals surface area contributed by atoms with Gasteiger partial charge in [0.15, 0.2) is 0 Å². The molecular weight excluding hydrogens is 244 g/mol. The highest BCUT2D eigenvalue weighted by atomic mass is 32.1. The number of aromatic nitrogens is 1. The monoisotopic (exact) mass is 262 g/mol. The maximum absolute atomic E-state index is 5.59. The fourth-order valence-electron chi connectivity index (χ4n) is 1.73. The van der Waals surface area contributed by atoms with Gasteiger partial charge in [0, 0.05) is 29.7 Å². The van der Waals surface area contributed by atoms with E-state index in [1.54, 1.807) is 11.3 Å². The lowest BCUT2D eigenvalue weighted by Gasteiger charge is -2.10. The number of nitrogens with one attached hydrogen (secondary N) is 1. The van der Waals surface area contributed by atoms with Gasteiger partial charge in [0.2, 0.25) is 0 Å². The molecule has 0 unspecified atom stereocenters. The predicted octanol–water partition coefficient (Wildman–Crippen LogP) is 3.14. The van der Waals surface area contributed by atoms with Gasteiger partial charge in [-0.3, -0.25) is 0 Å². The summed E-state index contributed by atoms with van der Waals surface area (Å²) in [7, 11) is 0. The number of aryl methyl sites for hydroxylation is 1. The normalized spacial score (nSPS) is 10.6. The molecule has 0 spiro atoms. The van der Waals surface area contributed by atoms with E-state index in [0.717, 1.165) is 23.8 Å². The van der Waals surface area contributed by atoms with Crippen LogP contribution in [0.1, 0.15) is 22.4 Å². The lowest BCUT2D eigenvalue weighted by molar-refractivity contribution is 0.335. The van der Waals surface area contributed by atoms with Gasteiger partial charge in [-0.1, -0.05) is 18.2 Å². The van der Waals surface area contributed by atoms with Gasteiger partial charge in [0.05, 0.1) is 6.61 Å². The third-order valence-electron chi connectivity index (χ3n) is 2.53. The molecule has 0 bridgehead atoms. The van der Waals surface area contributed by atoms with E-state index in [1.807, 2.05) is 31.3 Å². The average molecular weight is 262 g/mol. The van der Waals surface area contributed by atoms with Crippen LogP contribution in [0, 0.1) is 6.92 Å². The predicted molar refractivity (Wildman–Crippen MR) is 75.0 cm³/mol. The first-order valence-corrected chi connectivity index (χ1v) is 6.94. The van der Waals surface area contributed by atoms with Crippen LogP contribution in [-0.4, -0.2) is 11.6 Å². The molecule has 0 radical (unpaired) electrons. The molecule has 0 atom stereocenters. The van der Waals surface area contributed by atoms with Crippen LogP contribution in [0.25, 0.3) is 0 Å². The van der Waals surface area contributed by atoms with E-state index >= 15 is 0 Å². The fourth-order valence-corrected chi connectivity index (χ4v) is 2.49. The summed E-state index contributed by atoms with van der Waals surface area (Å²) in [5.74, 6) is 0.961. The molecule has 1 heterocycles. The summed E-state index contributed by atoms with van der Waals surface area (Å²) in [6, 6.07) is 8.13. The molecule has 2 aromatic rings. The molecule has 96 valence electrons. The Morgan fingerprint density at radius 2 is 2.11 bits per heavy atom. The van der Waals surface area contributed by atoms with Gasteiger partial charge in [-0.2, -0.15) is 0 Å². The Labute approximate surface area is 112 Å². The van der Waals surface area contributed by atoms with Crippen molar-refractivity contribution in [2.45, 2.75) is 26.9 Å². The molecule has 3 nitrogen and oxygen atoms in total. The smallest absolute Gasteiger partial charge is 0.123 e. The molecule has 1 aromatic carbocycles. The van der Waals surface area contributed by atoms with Crippen LogP contribution < -0.4 is 10.1 Å². The molecular formula is C14H18N2OS. The molecule has 0 fully saturated rings. The largest absolute Gasteiger partial charge is 0.494 e. The van der Waals surface area contributed by atoms with E-state index in [9.17, 15) is 0 Å². The number of thiazole rings is 1. The number of benzene rings is 1. The van der Waals surface area contributed by atoms with Crippen molar-refractivity contribution < 1.29 is 4.74 Å². The summed E-state index contributed by atoms with van der Waals surface area (Å²) in [4.78, 5) is 5.58. The first kappa shape index (κ1) is 13.1. The van der Waals surface area contributed by atoms with E-state index in [2.05, 4.69) is 23.3 Å². The molecule has 0 amide bonds. The summed E-state index contributed by atoms with van der Waals surface area (Å²) < 4.78 is 5.59. The lowest BCUT2D eigenvalue weighted by atomic mass is 10.2. The Morgan fingerprint density at radius 1 is 1.28 bits per heavy atom. The van der Waals surface area contributed by atoms with Crippen molar-refractivity contribution in [1.82, 2.24) is 10.3 Å². The lowest BCUT2D eigenvalue weighted by Crippen LogP contribution is -2.13. The first-order valence-electron chi connectivity index (χ1n) is 6.12. The second-order valence-corrected chi connectivity index (χ2v) is 5.33. The third kappa shape index (κ3) is 3.55. The molecule has 4 heteroatoms. The van der Waals surface area contributed by atoms with Gasteiger partial charge >= 0.3 is 0 Å². The zero-order valence-electron chi connectivity index (χ0n) is 10.8. The van der Waals surface area contributed by atoms with Gasteiger partial charge in [-0.15, -0.1) is 11.3 Å². The fraction of sp³-hybridized carbons (Fsp3) is 0.357. The molecule has 0 aliphatic rings. The third-order valence-corrected chi connectivity index (χ3v) is 3.45. The standard InChI is InChI=1S/C14H18N2OS/c1-3-17-13-7-5-4-6-12(13)9-15-10-14-16-8-11(2)18-14/h4-8,15H,3,9-10H2,1-2H3. The number of para-hydroxylation sites is 1. The van der Waals surface area contributed by atoms with Gasteiger partial charge in [-0.25, -0.2) is 4.98 Å². The number of ether oxygens (including phenoxy) is 1. The van der Waals surface area contributed by atoms with Gasteiger partial charge in [-0.05, 0) is 19.9 Å². The average Bonchev–Trinajstić information content (AvgIpc) is 2.78. The summed E-state index contributed by atoms with van der Waals surface area (Å²) in [5, 5.41) is 4.52. The zero-order valence-corrected chi connectivity index (χ0v) is 11.6. The molecule has 1 N–H and O–H groups in total. The molecule has 0 saturated carbocycles. The Morgan fingerprint density at radius 3 is 2.83 bits per heavy atom. The first-order chi connectivity index (χ1) is 8.79. The maximum Gasteiger partial charge on any atom is 0.123 e. The topological polar surface area (TPSA) is 34.1 Å². The Hall–Kier alpha value is -1.39. The van der Waals surface area contributed by atoms with Gasteiger partial charge in [0.1, 0.15) is 10.8 Å². The summed E-state index contributed by atoms with van der Waals surface area (Å²) in [6.07, 6.45) is 1.91. The molecule has 18 heavy (non-hydrogen) atoms. The zero-order chi connectivity index (χ0) is 12.8. The van der Waals surface area contributed by atoms with Gasteiger partial charge < -0.3 is 10.1 Å². The summed E-state index contributed by atoms with van der Waals surface area (Å²) in [6.45, 7) is 6.38. The molecule has 1 aromatic heterocycles.